The summed E-state index contributed by atoms with van der Waals surface area (Å²) in [5.74, 6) is -0.412. The first-order valence-corrected chi connectivity index (χ1v) is 6.68. The number of hydrogen-bond acceptors (Lipinski definition) is 4. The zero-order chi connectivity index (χ0) is 15.3. The van der Waals surface area contributed by atoms with Crippen LogP contribution in [0.2, 0.25) is 0 Å². The molecule has 1 rings (SSSR count). The van der Waals surface area contributed by atoms with E-state index in [1.54, 1.807) is 18.5 Å². The van der Waals surface area contributed by atoms with Crippen molar-refractivity contribution in [1.29, 1.82) is 0 Å². The Morgan fingerprint density at radius 2 is 2.10 bits per heavy atom. The number of carbonyl (C=O) groups excluding carboxylic acids is 1. The zero-order valence-electron chi connectivity index (χ0n) is 13.0. The summed E-state index contributed by atoms with van der Waals surface area (Å²) in [6.07, 6.45) is 5.24. The highest BCUT2D eigenvalue weighted by Gasteiger charge is 2.33. The van der Waals surface area contributed by atoms with Gasteiger partial charge in [-0.2, -0.15) is 0 Å². The molecule has 0 saturated heterocycles. The molecule has 0 fully saturated rings. The van der Waals surface area contributed by atoms with E-state index in [0.29, 0.717) is 0 Å². The van der Waals surface area contributed by atoms with E-state index in [4.69, 9.17) is 4.74 Å². The van der Waals surface area contributed by atoms with Gasteiger partial charge in [0.25, 0.3) is 0 Å². The lowest BCUT2D eigenvalue weighted by Crippen LogP contribution is -2.44. The van der Waals surface area contributed by atoms with Crippen LogP contribution < -0.4 is 0 Å². The maximum atomic E-state index is 12.4. The van der Waals surface area contributed by atoms with Crippen LogP contribution in [-0.2, 0) is 9.53 Å². The SMILES string of the molecule is C=C[C@H](c1cccnc1)[C@@H](C(=O)OC(C)(C)C)N(C)C. The topological polar surface area (TPSA) is 42.4 Å². The lowest BCUT2D eigenvalue weighted by Gasteiger charge is -2.31. The molecular formula is C16H24N2O2. The van der Waals surface area contributed by atoms with Crippen LogP contribution in [0.4, 0.5) is 0 Å². The highest BCUT2D eigenvalue weighted by molar-refractivity contribution is 5.78. The summed E-state index contributed by atoms with van der Waals surface area (Å²) in [5.41, 5.74) is 0.443. The minimum absolute atomic E-state index is 0.159. The lowest BCUT2D eigenvalue weighted by atomic mass is 9.91. The summed E-state index contributed by atoms with van der Waals surface area (Å²) in [7, 11) is 3.73. The Hall–Kier alpha value is -1.68. The summed E-state index contributed by atoms with van der Waals surface area (Å²) in [4.78, 5) is 18.4. The van der Waals surface area contributed by atoms with Crippen LogP contribution in [0, 0.1) is 0 Å². The molecule has 4 heteroatoms. The van der Waals surface area contributed by atoms with Gasteiger partial charge < -0.3 is 4.74 Å². The fourth-order valence-electron chi connectivity index (χ4n) is 2.06. The molecule has 1 aromatic rings. The Morgan fingerprint density at radius 1 is 1.45 bits per heavy atom. The van der Waals surface area contributed by atoms with Gasteiger partial charge in [0.2, 0.25) is 0 Å². The van der Waals surface area contributed by atoms with Crippen molar-refractivity contribution in [2.45, 2.75) is 38.3 Å². The first-order chi connectivity index (χ1) is 9.26. The molecule has 4 nitrogen and oxygen atoms in total. The minimum atomic E-state index is -0.508. The maximum Gasteiger partial charge on any atom is 0.324 e. The number of hydrogen-bond donors (Lipinski definition) is 0. The van der Waals surface area contributed by atoms with E-state index >= 15 is 0 Å². The van der Waals surface area contributed by atoms with Crippen molar-refractivity contribution in [1.82, 2.24) is 9.88 Å². The van der Waals surface area contributed by atoms with Crippen molar-refractivity contribution >= 4 is 5.97 Å². The van der Waals surface area contributed by atoms with E-state index in [9.17, 15) is 4.79 Å². The second kappa shape index (κ2) is 6.66. The van der Waals surface area contributed by atoms with Crippen molar-refractivity contribution in [3.05, 3.63) is 42.7 Å². The predicted octanol–water partition coefficient (Wildman–Crippen LogP) is 2.62. The lowest BCUT2D eigenvalue weighted by molar-refractivity contribution is -0.160. The van der Waals surface area contributed by atoms with Crippen molar-refractivity contribution in [3.63, 3.8) is 0 Å². The second-order valence-electron chi connectivity index (χ2n) is 5.99. The van der Waals surface area contributed by atoms with Crippen molar-refractivity contribution in [3.8, 4) is 0 Å². The van der Waals surface area contributed by atoms with E-state index in [0.717, 1.165) is 5.56 Å². The molecule has 0 bridgehead atoms. The van der Waals surface area contributed by atoms with Gasteiger partial charge in [-0.05, 0) is 46.5 Å². The van der Waals surface area contributed by atoms with Crippen molar-refractivity contribution in [2.75, 3.05) is 14.1 Å². The van der Waals surface area contributed by atoms with Crippen LogP contribution in [0.1, 0.15) is 32.3 Å². The number of pyridine rings is 1. The molecule has 20 heavy (non-hydrogen) atoms. The van der Waals surface area contributed by atoms with Gasteiger partial charge in [-0.3, -0.25) is 14.7 Å². The molecule has 0 aliphatic rings. The zero-order valence-corrected chi connectivity index (χ0v) is 13.0. The van der Waals surface area contributed by atoms with Gasteiger partial charge in [0, 0.05) is 18.3 Å². The first kappa shape index (κ1) is 16.4. The third-order valence-electron chi connectivity index (χ3n) is 2.87. The number of rotatable bonds is 5. The Labute approximate surface area is 121 Å². The van der Waals surface area contributed by atoms with E-state index in [-0.39, 0.29) is 11.9 Å². The first-order valence-electron chi connectivity index (χ1n) is 6.68. The van der Waals surface area contributed by atoms with E-state index in [1.807, 2.05) is 51.9 Å². The largest absolute Gasteiger partial charge is 0.459 e. The molecule has 2 atom stereocenters. The molecule has 0 aromatic carbocycles. The van der Waals surface area contributed by atoms with Crippen molar-refractivity contribution < 1.29 is 9.53 Å². The number of nitrogens with zero attached hydrogens (tertiary/aromatic N) is 2. The number of esters is 1. The monoisotopic (exact) mass is 276 g/mol. The fraction of sp³-hybridized carbons (Fsp3) is 0.500. The average molecular weight is 276 g/mol. The highest BCUT2D eigenvalue weighted by atomic mass is 16.6. The number of likely N-dealkylation sites (N-methyl/N-ethyl adjacent to an activating group) is 1. The van der Waals surface area contributed by atoms with Gasteiger partial charge >= 0.3 is 5.97 Å². The summed E-state index contributed by atoms with van der Waals surface area (Å²) < 4.78 is 5.52. The number of ether oxygens (including phenoxy) is 1. The number of aromatic nitrogens is 1. The standard InChI is InChI=1S/C16H24N2O2/c1-7-13(12-9-8-10-17-11-12)14(18(5)6)15(19)20-16(2,3)4/h7-11,13-14H,1H2,2-6H3/t13-,14+/m1/s1. The van der Waals surface area contributed by atoms with E-state index < -0.39 is 11.6 Å². The van der Waals surface area contributed by atoms with Crippen LogP contribution in [0.5, 0.6) is 0 Å². The molecule has 0 N–H and O–H groups in total. The van der Waals surface area contributed by atoms with Gasteiger partial charge in [0.05, 0.1) is 0 Å². The highest BCUT2D eigenvalue weighted by Crippen LogP contribution is 2.25. The van der Waals surface area contributed by atoms with Crippen LogP contribution in [0.25, 0.3) is 0 Å². The summed E-state index contributed by atoms with van der Waals surface area (Å²) >= 11 is 0. The molecule has 0 aliphatic heterocycles. The van der Waals surface area contributed by atoms with Crippen LogP contribution in [0.3, 0.4) is 0 Å². The Kier molecular flexibility index (Phi) is 5.45. The van der Waals surface area contributed by atoms with Crippen LogP contribution in [-0.4, -0.2) is 41.6 Å². The predicted molar refractivity (Wildman–Crippen MR) is 80.5 cm³/mol. The quantitative estimate of drug-likeness (QED) is 0.612. The molecule has 0 aliphatic carbocycles. The molecule has 0 radical (unpaired) electrons. The fourth-order valence-corrected chi connectivity index (χ4v) is 2.06. The average Bonchev–Trinajstić information content (AvgIpc) is 2.33. The summed E-state index contributed by atoms with van der Waals surface area (Å²) in [5, 5.41) is 0. The molecule has 1 aromatic heterocycles. The molecule has 0 spiro atoms. The summed E-state index contributed by atoms with van der Waals surface area (Å²) in [6.45, 7) is 9.45. The van der Waals surface area contributed by atoms with Crippen LogP contribution >= 0.6 is 0 Å². The molecule has 0 unspecified atom stereocenters. The second-order valence-corrected chi connectivity index (χ2v) is 5.99. The third kappa shape index (κ3) is 4.46. The molecule has 0 saturated carbocycles. The maximum absolute atomic E-state index is 12.4. The van der Waals surface area contributed by atoms with E-state index in [1.165, 1.54) is 0 Å². The smallest absolute Gasteiger partial charge is 0.324 e. The molecule has 110 valence electrons. The number of carbonyl (C=O) groups is 1. The Balaban J connectivity index is 3.05. The minimum Gasteiger partial charge on any atom is -0.459 e. The van der Waals surface area contributed by atoms with Gasteiger partial charge in [-0.15, -0.1) is 6.58 Å². The Bertz CT molecular complexity index is 449. The van der Waals surface area contributed by atoms with Crippen molar-refractivity contribution in [2.24, 2.45) is 0 Å². The van der Waals surface area contributed by atoms with Gasteiger partial charge in [0.15, 0.2) is 0 Å². The normalized spacial score (nSPS) is 14.7. The van der Waals surface area contributed by atoms with Gasteiger partial charge in [-0.25, -0.2) is 0 Å². The van der Waals surface area contributed by atoms with Crippen LogP contribution in [0.15, 0.2) is 37.2 Å². The third-order valence-corrected chi connectivity index (χ3v) is 2.87. The van der Waals surface area contributed by atoms with E-state index in [2.05, 4.69) is 11.6 Å². The summed E-state index contributed by atoms with van der Waals surface area (Å²) in [6, 6.07) is 3.38. The van der Waals surface area contributed by atoms with Gasteiger partial charge in [0.1, 0.15) is 11.6 Å². The molecule has 1 heterocycles. The molecular weight excluding hydrogens is 252 g/mol. The van der Waals surface area contributed by atoms with Gasteiger partial charge in [-0.1, -0.05) is 12.1 Å². The Morgan fingerprint density at radius 3 is 2.50 bits per heavy atom. The molecule has 0 amide bonds.